The van der Waals surface area contributed by atoms with Crippen LogP contribution in [0.1, 0.15) is 41.0 Å². The van der Waals surface area contributed by atoms with Crippen molar-refractivity contribution in [1.82, 2.24) is 5.32 Å². The Morgan fingerprint density at radius 2 is 1.92 bits per heavy atom. The Labute approximate surface area is 83.1 Å². The summed E-state index contributed by atoms with van der Waals surface area (Å²) in [6, 6.07) is 0.464. The quantitative estimate of drug-likeness (QED) is 0.661. The number of hydrogen-bond donors (Lipinski definition) is 1. The zero-order chi connectivity index (χ0) is 10.3. The molecule has 0 bridgehead atoms. The topological polar surface area (TPSA) is 21.3 Å². The highest BCUT2D eigenvalue weighted by Gasteiger charge is 2.15. The first-order valence-corrected chi connectivity index (χ1v) is 5.33. The Kier molecular flexibility index (Phi) is 6.35. The molecule has 0 fully saturated rings. The molecular formula is C11H25NO. The van der Waals surface area contributed by atoms with Gasteiger partial charge in [-0.25, -0.2) is 0 Å². The van der Waals surface area contributed by atoms with Crippen LogP contribution in [0, 0.1) is 5.41 Å². The normalized spacial score (nSPS) is 14.5. The van der Waals surface area contributed by atoms with E-state index in [9.17, 15) is 0 Å². The summed E-state index contributed by atoms with van der Waals surface area (Å²) in [5.41, 5.74) is 0.403. The van der Waals surface area contributed by atoms with Crippen molar-refractivity contribution in [2.45, 2.75) is 47.1 Å². The van der Waals surface area contributed by atoms with E-state index in [0.717, 1.165) is 19.8 Å². The van der Waals surface area contributed by atoms with Crippen molar-refractivity contribution in [3.05, 3.63) is 0 Å². The van der Waals surface area contributed by atoms with Crippen LogP contribution in [0.15, 0.2) is 0 Å². The lowest BCUT2D eigenvalue weighted by Gasteiger charge is -2.25. The van der Waals surface area contributed by atoms with E-state index < -0.39 is 0 Å². The molecule has 0 aliphatic rings. The molecule has 0 amide bonds. The Morgan fingerprint density at radius 1 is 1.31 bits per heavy atom. The number of rotatable bonds is 7. The van der Waals surface area contributed by atoms with Crippen LogP contribution in [0.5, 0.6) is 0 Å². The fourth-order valence-electron chi connectivity index (χ4n) is 0.929. The molecule has 2 nitrogen and oxygen atoms in total. The molecule has 0 aromatic carbocycles. The monoisotopic (exact) mass is 187 g/mol. The molecule has 1 unspecified atom stereocenters. The minimum atomic E-state index is 0.403. The lowest BCUT2D eigenvalue weighted by molar-refractivity contribution is 0.123. The fourth-order valence-corrected chi connectivity index (χ4v) is 0.929. The summed E-state index contributed by atoms with van der Waals surface area (Å²) in [5, 5.41) is 3.48. The fraction of sp³-hybridized carbons (Fsp3) is 1.00. The predicted octanol–water partition coefficient (Wildman–Crippen LogP) is 2.44. The molecule has 0 aromatic heterocycles. The van der Waals surface area contributed by atoms with Crippen LogP contribution in [0.25, 0.3) is 0 Å². The summed E-state index contributed by atoms with van der Waals surface area (Å²) >= 11 is 0. The van der Waals surface area contributed by atoms with Crippen molar-refractivity contribution in [1.29, 1.82) is 0 Å². The largest absolute Gasteiger partial charge is 0.380 e. The Balaban J connectivity index is 3.51. The van der Waals surface area contributed by atoms with Gasteiger partial charge in [0.15, 0.2) is 0 Å². The molecule has 2 heteroatoms. The second-order valence-corrected chi connectivity index (χ2v) is 4.46. The van der Waals surface area contributed by atoms with Crippen molar-refractivity contribution >= 4 is 0 Å². The standard InChI is InChI=1S/C11H25NO/c1-6-11(4,5)9-12-10(3)8-13-7-2/h10,12H,6-9H2,1-5H3. The van der Waals surface area contributed by atoms with Crippen LogP contribution in [-0.4, -0.2) is 25.8 Å². The maximum atomic E-state index is 5.33. The highest BCUT2D eigenvalue weighted by molar-refractivity contribution is 4.71. The van der Waals surface area contributed by atoms with Crippen molar-refractivity contribution in [2.75, 3.05) is 19.8 Å². The summed E-state index contributed by atoms with van der Waals surface area (Å²) in [5.74, 6) is 0. The van der Waals surface area contributed by atoms with E-state index in [4.69, 9.17) is 4.74 Å². The molecule has 1 atom stereocenters. The Hall–Kier alpha value is -0.0800. The van der Waals surface area contributed by atoms with Gasteiger partial charge in [-0.2, -0.15) is 0 Å². The van der Waals surface area contributed by atoms with Gasteiger partial charge in [-0.1, -0.05) is 20.8 Å². The first-order valence-electron chi connectivity index (χ1n) is 5.33. The Bertz CT molecular complexity index is 123. The van der Waals surface area contributed by atoms with E-state index in [1.807, 2.05) is 6.92 Å². The maximum Gasteiger partial charge on any atom is 0.0616 e. The molecule has 0 spiro atoms. The lowest BCUT2D eigenvalue weighted by Crippen LogP contribution is -2.37. The molecule has 0 heterocycles. The molecule has 0 aliphatic heterocycles. The van der Waals surface area contributed by atoms with Gasteiger partial charge in [-0.3, -0.25) is 0 Å². The van der Waals surface area contributed by atoms with Gasteiger partial charge in [0.2, 0.25) is 0 Å². The molecule has 0 aromatic rings. The molecule has 13 heavy (non-hydrogen) atoms. The van der Waals surface area contributed by atoms with Crippen molar-refractivity contribution in [2.24, 2.45) is 5.41 Å². The van der Waals surface area contributed by atoms with Gasteiger partial charge in [-0.15, -0.1) is 0 Å². The van der Waals surface area contributed by atoms with Gasteiger partial charge in [0.25, 0.3) is 0 Å². The second-order valence-electron chi connectivity index (χ2n) is 4.46. The summed E-state index contributed by atoms with van der Waals surface area (Å²) in [6.07, 6.45) is 1.21. The van der Waals surface area contributed by atoms with E-state index in [0.29, 0.717) is 11.5 Å². The minimum absolute atomic E-state index is 0.403. The minimum Gasteiger partial charge on any atom is -0.380 e. The van der Waals surface area contributed by atoms with Gasteiger partial charge >= 0.3 is 0 Å². The molecule has 80 valence electrons. The second kappa shape index (κ2) is 6.39. The predicted molar refractivity (Wildman–Crippen MR) is 58.0 cm³/mol. The van der Waals surface area contributed by atoms with Crippen LogP contribution in [0.4, 0.5) is 0 Å². The number of nitrogens with one attached hydrogen (secondary N) is 1. The highest BCUT2D eigenvalue weighted by Crippen LogP contribution is 2.17. The maximum absolute atomic E-state index is 5.33. The third-order valence-corrected chi connectivity index (χ3v) is 2.46. The summed E-state index contributed by atoms with van der Waals surface area (Å²) in [7, 11) is 0. The van der Waals surface area contributed by atoms with Crippen LogP contribution in [-0.2, 0) is 4.74 Å². The van der Waals surface area contributed by atoms with Gasteiger partial charge in [0.05, 0.1) is 6.61 Å². The van der Waals surface area contributed by atoms with Gasteiger partial charge in [0.1, 0.15) is 0 Å². The van der Waals surface area contributed by atoms with Gasteiger partial charge < -0.3 is 10.1 Å². The average Bonchev–Trinajstić information content (AvgIpc) is 2.11. The molecular weight excluding hydrogens is 162 g/mol. The smallest absolute Gasteiger partial charge is 0.0616 e. The highest BCUT2D eigenvalue weighted by atomic mass is 16.5. The lowest BCUT2D eigenvalue weighted by atomic mass is 9.90. The summed E-state index contributed by atoms with van der Waals surface area (Å²) in [4.78, 5) is 0. The molecule has 1 N–H and O–H groups in total. The Morgan fingerprint density at radius 3 is 2.38 bits per heavy atom. The first-order chi connectivity index (χ1) is 6.02. The molecule has 0 radical (unpaired) electrons. The third kappa shape index (κ3) is 7.03. The number of hydrogen-bond acceptors (Lipinski definition) is 2. The first kappa shape index (κ1) is 12.9. The van der Waals surface area contributed by atoms with Gasteiger partial charge in [-0.05, 0) is 25.7 Å². The molecule has 0 saturated carbocycles. The van der Waals surface area contributed by atoms with Crippen LogP contribution in [0.3, 0.4) is 0 Å². The SMILES string of the molecule is CCOCC(C)NCC(C)(C)CC. The van der Waals surface area contributed by atoms with Crippen LogP contribution >= 0.6 is 0 Å². The summed E-state index contributed by atoms with van der Waals surface area (Å²) < 4.78 is 5.33. The zero-order valence-electron chi connectivity index (χ0n) is 9.81. The van der Waals surface area contributed by atoms with Crippen LogP contribution < -0.4 is 5.32 Å². The van der Waals surface area contributed by atoms with Crippen molar-refractivity contribution in [3.8, 4) is 0 Å². The van der Waals surface area contributed by atoms with Crippen LogP contribution in [0.2, 0.25) is 0 Å². The van der Waals surface area contributed by atoms with E-state index in [-0.39, 0.29) is 0 Å². The van der Waals surface area contributed by atoms with Crippen molar-refractivity contribution in [3.63, 3.8) is 0 Å². The van der Waals surface area contributed by atoms with Gasteiger partial charge in [0, 0.05) is 19.2 Å². The van der Waals surface area contributed by atoms with E-state index in [2.05, 4.69) is 33.0 Å². The third-order valence-electron chi connectivity index (χ3n) is 2.46. The summed E-state index contributed by atoms with van der Waals surface area (Å²) in [6.45, 7) is 13.7. The van der Waals surface area contributed by atoms with Crippen molar-refractivity contribution < 1.29 is 4.74 Å². The molecule has 0 rings (SSSR count). The van der Waals surface area contributed by atoms with E-state index in [1.54, 1.807) is 0 Å². The number of ether oxygens (including phenoxy) is 1. The zero-order valence-corrected chi connectivity index (χ0v) is 9.81. The van der Waals surface area contributed by atoms with E-state index >= 15 is 0 Å². The molecule has 0 aliphatic carbocycles. The molecule has 0 saturated heterocycles. The average molecular weight is 187 g/mol. The van der Waals surface area contributed by atoms with E-state index in [1.165, 1.54) is 6.42 Å².